The molecule has 5 nitrogen and oxygen atoms in total. The molecule has 0 saturated carbocycles. The summed E-state index contributed by atoms with van der Waals surface area (Å²) in [4.78, 5) is 9.33. The van der Waals surface area contributed by atoms with Crippen molar-refractivity contribution in [3.63, 3.8) is 0 Å². The lowest BCUT2D eigenvalue weighted by Crippen LogP contribution is -2.44. The van der Waals surface area contributed by atoms with Gasteiger partial charge in [-0.05, 0) is 42.8 Å². The van der Waals surface area contributed by atoms with E-state index in [9.17, 15) is 0 Å². The Morgan fingerprint density at radius 2 is 1.70 bits per heavy atom. The van der Waals surface area contributed by atoms with Crippen LogP contribution in [0.4, 0.5) is 5.69 Å². The van der Waals surface area contributed by atoms with Crippen LogP contribution in [0.1, 0.15) is 31.4 Å². The molecule has 3 rings (SSSR count). The second-order valence-electron chi connectivity index (χ2n) is 7.57. The van der Waals surface area contributed by atoms with Crippen molar-refractivity contribution in [3.8, 4) is 0 Å². The molecule has 30 heavy (non-hydrogen) atoms. The first kappa shape index (κ1) is 24.5. The molecule has 1 fully saturated rings. The summed E-state index contributed by atoms with van der Waals surface area (Å²) in [5.74, 6) is 0.877. The zero-order valence-corrected chi connectivity index (χ0v) is 20.8. The van der Waals surface area contributed by atoms with Crippen LogP contribution >= 0.6 is 24.0 Å². The smallest absolute Gasteiger partial charge is 0.191 e. The topological polar surface area (TPSA) is 42.9 Å². The summed E-state index contributed by atoms with van der Waals surface area (Å²) in [5.41, 5.74) is 4.01. The van der Waals surface area contributed by atoms with Gasteiger partial charge in [-0.3, -0.25) is 9.89 Å². The maximum Gasteiger partial charge on any atom is 0.191 e. The number of hydrogen-bond acceptors (Lipinski definition) is 3. The minimum Gasteiger partial charge on any atom is -0.369 e. The molecule has 2 aromatic carbocycles. The molecule has 1 aliphatic rings. The van der Waals surface area contributed by atoms with E-state index < -0.39 is 0 Å². The van der Waals surface area contributed by atoms with Gasteiger partial charge < -0.3 is 15.5 Å². The third-order valence-electron chi connectivity index (χ3n) is 5.73. The minimum atomic E-state index is 0. The van der Waals surface area contributed by atoms with E-state index >= 15 is 0 Å². The SMILES string of the molecule is CCN(CC)Cc1ccccc1CNC(=NC)NC1CCN(c2ccccc2)C1.I. The fourth-order valence-corrected chi connectivity index (χ4v) is 3.89. The van der Waals surface area contributed by atoms with E-state index in [0.717, 1.165) is 51.6 Å². The lowest BCUT2D eigenvalue weighted by atomic mass is 10.1. The van der Waals surface area contributed by atoms with Crippen LogP contribution in [-0.2, 0) is 13.1 Å². The Hall–Kier alpha value is -1.80. The first-order chi connectivity index (χ1) is 14.2. The van der Waals surface area contributed by atoms with Gasteiger partial charge in [0.15, 0.2) is 5.96 Å². The zero-order valence-electron chi connectivity index (χ0n) is 18.5. The van der Waals surface area contributed by atoms with Gasteiger partial charge in [-0.2, -0.15) is 0 Å². The largest absolute Gasteiger partial charge is 0.369 e. The predicted octanol–water partition coefficient (Wildman–Crippen LogP) is 4.09. The van der Waals surface area contributed by atoms with Crippen LogP contribution in [0.5, 0.6) is 0 Å². The van der Waals surface area contributed by atoms with Gasteiger partial charge in [-0.1, -0.05) is 56.3 Å². The lowest BCUT2D eigenvalue weighted by Gasteiger charge is -2.22. The van der Waals surface area contributed by atoms with Gasteiger partial charge in [-0.25, -0.2) is 0 Å². The molecule has 164 valence electrons. The van der Waals surface area contributed by atoms with Gasteiger partial charge in [0.1, 0.15) is 0 Å². The number of aliphatic imine (C=N–C) groups is 1. The van der Waals surface area contributed by atoms with E-state index in [1.54, 1.807) is 0 Å². The summed E-state index contributed by atoms with van der Waals surface area (Å²) in [7, 11) is 1.85. The predicted molar refractivity (Wildman–Crippen MR) is 139 cm³/mol. The summed E-state index contributed by atoms with van der Waals surface area (Å²) < 4.78 is 0. The van der Waals surface area contributed by atoms with E-state index in [0.29, 0.717) is 6.04 Å². The van der Waals surface area contributed by atoms with Crippen molar-refractivity contribution in [1.82, 2.24) is 15.5 Å². The van der Waals surface area contributed by atoms with Gasteiger partial charge in [0, 0.05) is 45.0 Å². The maximum atomic E-state index is 4.45. The molecule has 6 heteroatoms. The Morgan fingerprint density at radius 3 is 2.37 bits per heavy atom. The molecule has 1 unspecified atom stereocenters. The summed E-state index contributed by atoms with van der Waals surface area (Å²) >= 11 is 0. The summed E-state index contributed by atoms with van der Waals surface area (Å²) in [6.07, 6.45) is 1.12. The molecule has 0 bridgehead atoms. The van der Waals surface area contributed by atoms with E-state index in [1.807, 2.05) is 7.05 Å². The molecule has 1 atom stereocenters. The number of benzene rings is 2. The van der Waals surface area contributed by atoms with Crippen LogP contribution in [0.25, 0.3) is 0 Å². The number of hydrogen-bond donors (Lipinski definition) is 2. The minimum absolute atomic E-state index is 0. The Bertz CT molecular complexity index is 776. The molecule has 0 amide bonds. The quantitative estimate of drug-likeness (QED) is 0.312. The Labute approximate surface area is 199 Å². The van der Waals surface area contributed by atoms with Crippen molar-refractivity contribution in [2.75, 3.05) is 38.1 Å². The van der Waals surface area contributed by atoms with E-state index in [-0.39, 0.29) is 24.0 Å². The number of nitrogens with zero attached hydrogens (tertiary/aromatic N) is 3. The molecule has 2 aromatic rings. The number of para-hydroxylation sites is 1. The fraction of sp³-hybridized carbons (Fsp3) is 0.458. The van der Waals surface area contributed by atoms with Crippen LogP contribution in [0, 0.1) is 0 Å². The van der Waals surface area contributed by atoms with E-state index in [1.165, 1.54) is 16.8 Å². The normalized spacial score (nSPS) is 16.5. The molecule has 1 heterocycles. The van der Waals surface area contributed by atoms with Crippen LogP contribution in [0.15, 0.2) is 59.6 Å². The van der Waals surface area contributed by atoms with Crippen LogP contribution in [0.2, 0.25) is 0 Å². The highest BCUT2D eigenvalue weighted by atomic mass is 127. The lowest BCUT2D eigenvalue weighted by molar-refractivity contribution is 0.295. The van der Waals surface area contributed by atoms with Gasteiger partial charge in [-0.15, -0.1) is 24.0 Å². The maximum absolute atomic E-state index is 4.45. The molecule has 0 aliphatic carbocycles. The Morgan fingerprint density at radius 1 is 1.03 bits per heavy atom. The van der Waals surface area contributed by atoms with Crippen molar-refractivity contribution in [2.24, 2.45) is 4.99 Å². The second kappa shape index (κ2) is 12.8. The van der Waals surface area contributed by atoms with Crippen LogP contribution < -0.4 is 15.5 Å². The number of halogens is 1. The standard InChI is InChI=1S/C24H35N5.HI/c1-4-28(5-2)18-21-12-10-9-11-20(21)17-26-24(25-3)27-22-15-16-29(19-22)23-13-7-6-8-14-23;/h6-14,22H,4-5,15-19H2,1-3H3,(H2,25,26,27);1H. The monoisotopic (exact) mass is 521 g/mol. The molecule has 1 aliphatic heterocycles. The van der Waals surface area contributed by atoms with Crippen molar-refractivity contribution in [3.05, 3.63) is 65.7 Å². The number of anilines is 1. The second-order valence-corrected chi connectivity index (χ2v) is 7.57. The van der Waals surface area contributed by atoms with Crippen molar-refractivity contribution < 1.29 is 0 Å². The number of rotatable bonds is 8. The highest BCUT2D eigenvalue weighted by molar-refractivity contribution is 14.0. The third kappa shape index (κ3) is 6.87. The van der Waals surface area contributed by atoms with Gasteiger partial charge in [0.05, 0.1) is 0 Å². The first-order valence-electron chi connectivity index (χ1n) is 10.8. The molecular weight excluding hydrogens is 485 g/mol. The third-order valence-corrected chi connectivity index (χ3v) is 5.73. The Balaban J connectivity index is 0.00000320. The van der Waals surface area contributed by atoms with Gasteiger partial charge >= 0.3 is 0 Å². The Kier molecular flexibility index (Phi) is 10.4. The molecule has 0 spiro atoms. The molecule has 0 aromatic heterocycles. The summed E-state index contributed by atoms with van der Waals surface area (Å²) in [6.45, 7) is 10.4. The highest BCUT2D eigenvalue weighted by Crippen LogP contribution is 2.19. The molecule has 0 radical (unpaired) electrons. The van der Waals surface area contributed by atoms with Crippen LogP contribution in [0.3, 0.4) is 0 Å². The molecular formula is C24H36IN5. The van der Waals surface area contributed by atoms with Gasteiger partial charge in [0.25, 0.3) is 0 Å². The summed E-state index contributed by atoms with van der Waals surface area (Å²) in [6, 6.07) is 19.8. The molecule has 2 N–H and O–H groups in total. The summed E-state index contributed by atoms with van der Waals surface area (Å²) in [5, 5.41) is 7.12. The number of guanidine groups is 1. The average Bonchev–Trinajstić information content (AvgIpc) is 3.24. The van der Waals surface area contributed by atoms with Crippen molar-refractivity contribution in [2.45, 2.75) is 39.4 Å². The first-order valence-corrected chi connectivity index (χ1v) is 10.8. The zero-order chi connectivity index (χ0) is 20.5. The van der Waals surface area contributed by atoms with E-state index in [4.69, 9.17) is 0 Å². The highest BCUT2D eigenvalue weighted by Gasteiger charge is 2.23. The fourth-order valence-electron chi connectivity index (χ4n) is 3.89. The number of nitrogens with one attached hydrogen (secondary N) is 2. The van der Waals surface area contributed by atoms with Crippen molar-refractivity contribution in [1.29, 1.82) is 0 Å². The van der Waals surface area contributed by atoms with Crippen LogP contribution in [-0.4, -0.2) is 50.1 Å². The van der Waals surface area contributed by atoms with Gasteiger partial charge in [0.2, 0.25) is 0 Å². The molecule has 1 saturated heterocycles. The van der Waals surface area contributed by atoms with Crippen molar-refractivity contribution >= 4 is 35.6 Å². The average molecular weight is 521 g/mol. The van der Waals surface area contributed by atoms with E-state index in [2.05, 4.69) is 93.9 Å².